The number of nitrogens with two attached hydrogens (primary N) is 1. The van der Waals surface area contributed by atoms with Gasteiger partial charge in [-0.1, -0.05) is 18.2 Å². The van der Waals surface area contributed by atoms with Crippen molar-refractivity contribution in [3.63, 3.8) is 0 Å². The molecule has 0 saturated carbocycles. The number of benzene rings is 1. The molecular formula is C14H14BrN3O2. The maximum Gasteiger partial charge on any atom is 0.348 e. The molecule has 1 aromatic carbocycles. The van der Waals surface area contributed by atoms with Gasteiger partial charge < -0.3 is 5.73 Å². The van der Waals surface area contributed by atoms with Gasteiger partial charge >= 0.3 is 5.69 Å². The minimum atomic E-state index is -0.509. The highest BCUT2D eigenvalue weighted by atomic mass is 79.9. The van der Waals surface area contributed by atoms with Crippen molar-refractivity contribution in [1.29, 1.82) is 0 Å². The Balaban J connectivity index is 2.54. The molecule has 0 spiro atoms. The van der Waals surface area contributed by atoms with Crippen molar-refractivity contribution in [3.05, 3.63) is 61.7 Å². The first-order valence-electron chi connectivity index (χ1n) is 6.03. The smallest absolute Gasteiger partial charge is 0.348 e. The molecule has 2 rings (SSSR count). The monoisotopic (exact) mass is 335 g/mol. The third-order valence-electron chi connectivity index (χ3n) is 3.15. The summed E-state index contributed by atoms with van der Waals surface area (Å²) in [5.41, 5.74) is 7.52. The van der Waals surface area contributed by atoms with E-state index in [0.29, 0.717) is 16.8 Å². The van der Waals surface area contributed by atoms with Crippen LogP contribution in [0, 0.1) is 13.8 Å². The van der Waals surface area contributed by atoms with Crippen LogP contribution in [0.2, 0.25) is 0 Å². The Bertz CT molecular complexity index is 738. The molecule has 0 aliphatic rings. The van der Waals surface area contributed by atoms with Gasteiger partial charge in [-0.25, -0.2) is 4.79 Å². The minimum absolute atomic E-state index is 0.260. The highest BCUT2D eigenvalue weighted by Crippen LogP contribution is 2.18. The highest BCUT2D eigenvalue weighted by molar-refractivity contribution is 9.10. The van der Waals surface area contributed by atoms with E-state index in [1.165, 1.54) is 4.57 Å². The number of amides is 1. The van der Waals surface area contributed by atoms with Crippen LogP contribution < -0.4 is 11.4 Å². The summed E-state index contributed by atoms with van der Waals surface area (Å²) in [6.45, 7) is 3.85. The van der Waals surface area contributed by atoms with Gasteiger partial charge in [0.25, 0.3) is 0 Å². The topological polar surface area (TPSA) is 78.0 Å². The number of aromatic nitrogens is 2. The molecule has 2 aromatic rings. The van der Waals surface area contributed by atoms with Gasteiger partial charge in [-0.2, -0.15) is 4.98 Å². The van der Waals surface area contributed by atoms with Crippen LogP contribution in [0.4, 0.5) is 0 Å². The second-order valence-corrected chi connectivity index (χ2v) is 5.28. The molecule has 0 saturated heterocycles. The van der Waals surface area contributed by atoms with Crippen LogP contribution in [0.15, 0.2) is 33.5 Å². The molecule has 1 heterocycles. The zero-order chi connectivity index (χ0) is 14.9. The fraction of sp³-hybridized carbons (Fsp3) is 0.214. The lowest BCUT2D eigenvalue weighted by molar-refractivity contribution is 0.0999. The van der Waals surface area contributed by atoms with Crippen molar-refractivity contribution < 1.29 is 4.79 Å². The summed E-state index contributed by atoms with van der Waals surface area (Å²) in [5.74, 6) is -0.509. The van der Waals surface area contributed by atoms with Gasteiger partial charge in [0.05, 0.1) is 16.7 Å². The number of halogens is 1. The normalized spacial score (nSPS) is 10.6. The Kier molecular flexibility index (Phi) is 4.04. The molecule has 2 N–H and O–H groups in total. The molecule has 1 aromatic heterocycles. The quantitative estimate of drug-likeness (QED) is 0.928. The lowest BCUT2D eigenvalue weighted by Crippen LogP contribution is -2.28. The van der Waals surface area contributed by atoms with Crippen molar-refractivity contribution in [3.8, 4) is 0 Å². The summed E-state index contributed by atoms with van der Waals surface area (Å²) in [4.78, 5) is 27.4. The number of nitrogens with zero attached hydrogens (tertiary/aromatic N) is 2. The van der Waals surface area contributed by atoms with E-state index in [-0.39, 0.29) is 12.2 Å². The minimum Gasteiger partial charge on any atom is -0.366 e. The average Bonchev–Trinajstić information content (AvgIpc) is 2.41. The Morgan fingerprint density at radius 1 is 1.35 bits per heavy atom. The van der Waals surface area contributed by atoms with Gasteiger partial charge in [0.15, 0.2) is 0 Å². The fourth-order valence-electron chi connectivity index (χ4n) is 2.03. The molecule has 104 valence electrons. The third-order valence-corrected chi connectivity index (χ3v) is 4.29. The maximum atomic E-state index is 12.0. The second-order valence-electron chi connectivity index (χ2n) is 4.49. The summed E-state index contributed by atoms with van der Waals surface area (Å²) >= 11 is 3.41. The van der Waals surface area contributed by atoms with E-state index in [9.17, 15) is 9.59 Å². The van der Waals surface area contributed by atoms with Crippen LogP contribution in [0.25, 0.3) is 0 Å². The van der Waals surface area contributed by atoms with Crippen LogP contribution in [-0.2, 0) is 6.54 Å². The van der Waals surface area contributed by atoms with Crippen LogP contribution in [0.1, 0.15) is 27.3 Å². The zero-order valence-corrected chi connectivity index (χ0v) is 12.8. The lowest BCUT2D eigenvalue weighted by atomic mass is 10.1. The van der Waals surface area contributed by atoms with E-state index < -0.39 is 5.91 Å². The van der Waals surface area contributed by atoms with Gasteiger partial charge in [-0.3, -0.25) is 9.36 Å². The molecule has 6 heteroatoms. The lowest BCUT2D eigenvalue weighted by Gasteiger charge is -2.13. The molecule has 0 unspecified atom stereocenters. The Morgan fingerprint density at radius 2 is 2.00 bits per heavy atom. The first kappa shape index (κ1) is 14.5. The molecule has 20 heavy (non-hydrogen) atoms. The Morgan fingerprint density at radius 3 is 2.65 bits per heavy atom. The summed E-state index contributed by atoms with van der Waals surface area (Å²) in [6, 6.07) is 6.97. The first-order chi connectivity index (χ1) is 9.41. The summed E-state index contributed by atoms with van der Waals surface area (Å²) in [7, 11) is 0. The SMILES string of the molecule is Cc1nc(=O)n(Cc2ccccc2C(N)=O)c(C)c1Br. The molecule has 0 aliphatic carbocycles. The van der Waals surface area contributed by atoms with E-state index in [2.05, 4.69) is 20.9 Å². The highest BCUT2D eigenvalue weighted by Gasteiger charge is 2.13. The molecule has 0 radical (unpaired) electrons. The molecule has 0 aliphatic heterocycles. The largest absolute Gasteiger partial charge is 0.366 e. The van der Waals surface area contributed by atoms with Crippen molar-refractivity contribution in [2.45, 2.75) is 20.4 Å². The average molecular weight is 336 g/mol. The first-order valence-corrected chi connectivity index (χ1v) is 6.82. The second kappa shape index (κ2) is 5.58. The van der Waals surface area contributed by atoms with Gasteiger partial charge in [-0.15, -0.1) is 0 Å². The Hall–Kier alpha value is -1.95. The molecule has 5 nitrogen and oxygen atoms in total. The number of carbonyl (C=O) groups excluding carboxylic acids is 1. The van der Waals surface area contributed by atoms with Crippen LogP contribution in [0.5, 0.6) is 0 Å². The van der Waals surface area contributed by atoms with Gasteiger partial charge in [-0.05, 0) is 41.4 Å². The van der Waals surface area contributed by atoms with E-state index >= 15 is 0 Å². The molecular weight excluding hydrogens is 322 g/mol. The summed E-state index contributed by atoms with van der Waals surface area (Å²) in [5, 5.41) is 0. The molecule has 1 amide bonds. The predicted molar refractivity (Wildman–Crippen MR) is 79.7 cm³/mol. The van der Waals surface area contributed by atoms with Gasteiger partial charge in [0.2, 0.25) is 5.91 Å². The number of hydrogen-bond acceptors (Lipinski definition) is 3. The van der Waals surface area contributed by atoms with E-state index in [0.717, 1.165) is 10.2 Å². The summed E-state index contributed by atoms with van der Waals surface area (Å²) < 4.78 is 2.30. The van der Waals surface area contributed by atoms with Crippen molar-refractivity contribution >= 4 is 21.8 Å². The summed E-state index contributed by atoms with van der Waals surface area (Å²) in [6.07, 6.45) is 0. The maximum absolute atomic E-state index is 12.0. The van der Waals surface area contributed by atoms with Gasteiger partial charge in [0.1, 0.15) is 0 Å². The predicted octanol–water partition coefficient (Wildman–Crippen LogP) is 1.77. The number of carbonyl (C=O) groups is 1. The van der Waals surface area contributed by atoms with Gasteiger partial charge in [0, 0.05) is 11.3 Å². The fourth-order valence-corrected chi connectivity index (χ4v) is 2.33. The van der Waals surface area contributed by atoms with E-state index in [1.807, 2.05) is 6.92 Å². The van der Waals surface area contributed by atoms with Crippen molar-refractivity contribution in [1.82, 2.24) is 9.55 Å². The number of hydrogen-bond donors (Lipinski definition) is 1. The van der Waals surface area contributed by atoms with Crippen LogP contribution in [-0.4, -0.2) is 15.5 Å². The molecule has 0 bridgehead atoms. The molecule has 0 atom stereocenters. The van der Waals surface area contributed by atoms with Crippen molar-refractivity contribution in [2.24, 2.45) is 5.73 Å². The zero-order valence-electron chi connectivity index (χ0n) is 11.2. The molecule has 0 fully saturated rings. The van der Waals surface area contributed by atoms with E-state index in [4.69, 9.17) is 5.73 Å². The standard InChI is InChI=1S/C14H14BrN3O2/c1-8-12(15)9(2)18(14(20)17-8)7-10-5-3-4-6-11(10)13(16)19/h3-6H,7H2,1-2H3,(H2,16,19). The van der Waals surface area contributed by atoms with Crippen molar-refractivity contribution in [2.75, 3.05) is 0 Å². The van der Waals surface area contributed by atoms with E-state index in [1.54, 1.807) is 31.2 Å². The number of primary amides is 1. The number of rotatable bonds is 3. The van der Waals surface area contributed by atoms with Crippen LogP contribution >= 0.6 is 15.9 Å². The Labute approximate surface area is 124 Å². The third kappa shape index (κ3) is 2.65. The van der Waals surface area contributed by atoms with Crippen LogP contribution in [0.3, 0.4) is 0 Å². The number of aryl methyl sites for hydroxylation is 1.